The van der Waals surface area contributed by atoms with Gasteiger partial charge in [0.1, 0.15) is 11.4 Å². The molecule has 2 amide bonds. The number of carbonyl (C=O) groups excluding carboxylic acids is 3. The molecule has 0 saturated carbocycles. The number of aromatic nitrogens is 2. The molecule has 11 heteroatoms. The Bertz CT molecular complexity index is 1300. The van der Waals surface area contributed by atoms with Crippen molar-refractivity contribution in [2.45, 2.75) is 6.92 Å². The number of benzene rings is 2. The van der Waals surface area contributed by atoms with Crippen molar-refractivity contribution in [3.63, 3.8) is 0 Å². The highest BCUT2D eigenvalue weighted by molar-refractivity contribution is 6.26. The number of hydrogen-bond acceptors (Lipinski definition) is 8. The fourth-order valence-corrected chi connectivity index (χ4v) is 4.22. The van der Waals surface area contributed by atoms with Crippen molar-refractivity contribution in [2.24, 2.45) is 0 Å². The maximum absolute atomic E-state index is 13.5. The molecule has 3 aromatic rings. The molecule has 1 aliphatic heterocycles. The number of morpholine rings is 1. The van der Waals surface area contributed by atoms with Gasteiger partial charge in [-0.2, -0.15) is 5.10 Å². The second-order valence-corrected chi connectivity index (χ2v) is 8.16. The Labute approximate surface area is 206 Å². The van der Waals surface area contributed by atoms with E-state index in [-0.39, 0.29) is 19.0 Å². The molecule has 3 N–H and O–H groups in total. The predicted molar refractivity (Wildman–Crippen MR) is 130 cm³/mol. The summed E-state index contributed by atoms with van der Waals surface area (Å²) in [6.07, 6.45) is 0. The first-order valence-electron chi connectivity index (χ1n) is 11.6. The van der Waals surface area contributed by atoms with Gasteiger partial charge < -0.3 is 19.5 Å². The lowest BCUT2D eigenvalue weighted by atomic mass is 10.0. The van der Waals surface area contributed by atoms with E-state index in [4.69, 9.17) is 14.2 Å². The number of nitrogens with one attached hydrogen (secondary N) is 3. The third kappa shape index (κ3) is 4.66. The van der Waals surface area contributed by atoms with Gasteiger partial charge in [0.05, 0.1) is 42.3 Å². The van der Waals surface area contributed by atoms with Gasteiger partial charge in [-0.3, -0.25) is 15.3 Å². The summed E-state index contributed by atoms with van der Waals surface area (Å²) in [4.78, 5) is 37.6. The molecule has 2 aliphatic rings. The zero-order valence-corrected chi connectivity index (χ0v) is 19.6. The maximum Gasteiger partial charge on any atom is 0.344 e. The average Bonchev–Trinajstić information content (AvgIpc) is 3.44. The molecule has 0 atom stereocenters. The molecule has 2 aromatic carbocycles. The van der Waals surface area contributed by atoms with E-state index in [1.807, 2.05) is 6.07 Å². The van der Waals surface area contributed by atoms with Crippen molar-refractivity contribution in [2.75, 3.05) is 44.8 Å². The van der Waals surface area contributed by atoms with E-state index >= 15 is 0 Å². The molecule has 11 nitrogen and oxygen atoms in total. The van der Waals surface area contributed by atoms with Gasteiger partial charge >= 0.3 is 12.0 Å². The summed E-state index contributed by atoms with van der Waals surface area (Å²) in [6.45, 7) is 4.10. The Morgan fingerprint density at radius 3 is 2.64 bits per heavy atom. The monoisotopic (exact) mass is 491 g/mol. The van der Waals surface area contributed by atoms with Gasteiger partial charge in [0.15, 0.2) is 12.4 Å². The number of hydrazine groups is 1. The van der Waals surface area contributed by atoms with Crippen molar-refractivity contribution >= 4 is 23.5 Å². The number of ketones is 1. The third-order valence-electron chi connectivity index (χ3n) is 5.86. The van der Waals surface area contributed by atoms with Crippen LogP contribution in [0.25, 0.3) is 22.5 Å². The second-order valence-electron chi connectivity index (χ2n) is 8.16. The second kappa shape index (κ2) is 10.2. The van der Waals surface area contributed by atoms with Crippen LogP contribution in [-0.2, 0) is 14.3 Å². The average molecular weight is 492 g/mol. The Morgan fingerprint density at radius 1 is 1.11 bits per heavy atom. The van der Waals surface area contributed by atoms with Gasteiger partial charge in [-0.25, -0.2) is 14.6 Å². The summed E-state index contributed by atoms with van der Waals surface area (Å²) in [6, 6.07) is 11.8. The van der Waals surface area contributed by atoms with Gasteiger partial charge in [0.2, 0.25) is 0 Å². The van der Waals surface area contributed by atoms with Gasteiger partial charge in [0, 0.05) is 24.2 Å². The number of anilines is 1. The Balaban J connectivity index is 1.33. The Morgan fingerprint density at radius 2 is 1.89 bits per heavy atom. The van der Waals surface area contributed by atoms with Crippen LogP contribution in [0.5, 0.6) is 5.75 Å². The minimum Gasteiger partial charge on any atom is -0.482 e. The van der Waals surface area contributed by atoms with Crippen LogP contribution in [0.2, 0.25) is 0 Å². The molecule has 0 radical (unpaired) electrons. The minimum absolute atomic E-state index is 0.187. The number of esters is 1. The third-order valence-corrected chi connectivity index (χ3v) is 5.86. The first kappa shape index (κ1) is 23.5. The van der Waals surface area contributed by atoms with Crippen LogP contribution in [-0.4, -0.2) is 72.5 Å². The van der Waals surface area contributed by atoms with E-state index in [1.54, 1.807) is 48.3 Å². The molecular weight excluding hydrogens is 466 g/mol. The lowest BCUT2D eigenvalue weighted by molar-refractivity contribution is -0.145. The first-order valence-corrected chi connectivity index (χ1v) is 11.6. The molecule has 36 heavy (non-hydrogen) atoms. The molecule has 1 saturated heterocycles. The van der Waals surface area contributed by atoms with Crippen LogP contribution < -0.4 is 15.5 Å². The fourth-order valence-electron chi connectivity index (χ4n) is 4.22. The van der Waals surface area contributed by atoms with Crippen molar-refractivity contribution in [3.05, 3.63) is 53.6 Å². The van der Waals surface area contributed by atoms with E-state index in [1.165, 1.54) is 0 Å². The molecule has 1 fully saturated rings. The molecule has 0 spiro atoms. The highest BCUT2D eigenvalue weighted by atomic mass is 16.6. The van der Waals surface area contributed by atoms with Crippen LogP contribution in [0.15, 0.2) is 42.5 Å². The van der Waals surface area contributed by atoms with Crippen LogP contribution in [0.1, 0.15) is 22.8 Å². The molecule has 2 heterocycles. The van der Waals surface area contributed by atoms with E-state index in [0.717, 1.165) is 0 Å². The Kier molecular flexibility index (Phi) is 6.65. The van der Waals surface area contributed by atoms with E-state index < -0.39 is 12.0 Å². The number of urea groups is 1. The molecular formula is C25H25N5O6. The molecule has 186 valence electrons. The van der Waals surface area contributed by atoms with E-state index in [9.17, 15) is 14.4 Å². The van der Waals surface area contributed by atoms with E-state index in [0.29, 0.717) is 71.4 Å². The van der Waals surface area contributed by atoms with Gasteiger partial charge in [-0.1, -0.05) is 12.1 Å². The zero-order chi connectivity index (χ0) is 25.1. The highest BCUT2D eigenvalue weighted by Crippen LogP contribution is 2.43. The first-order chi connectivity index (χ1) is 17.5. The smallest absolute Gasteiger partial charge is 0.344 e. The number of nitrogens with zero attached hydrogens (tertiary/aromatic N) is 2. The maximum atomic E-state index is 13.5. The summed E-state index contributed by atoms with van der Waals surface area (Å²) in [5.74, 6) is -0.182. The number of rotatable bonds is 7. The SMILES string of the molecule is CCOC(=O)COc1ccc(-c2n[nH]c3c2C(=O)c2c(NC(=O)NN4CCOCC4)cccc2-3)cc1. The van der Waals surface area contributed by atoms with E-state index in [2.05, 4.69) is 20.9 Å². The quantitative estimate of drug-likeness (QED) is 0.336. The van der Waals surface area contributed by atoms with Crippen LogP contribution in [0, 0.1) is 0 Å². The van der Waals surface area contributed by atoms with Crippen LogP contribution in [0.3, 0.4) is 0 Å². The summed E-state index contributed by atoms with van der Waals surface area (Å²) >= 11 is 0. The fraction of sp³-hybridized carbons (Fsp3) is 0.280. The summed E-state index contributed by atoms with van der Waals surface area (Å²) in [5, 5.41) is 11.9. The topological polar surface area (TPSA) is 135 Å². The summed E-state index contributed by atoms with van der Waals surface area (Å²) in [7, 11) is 0. The van der Waals surface area contributed by atoms with Crippen molar-refractivity contribution in [3.8, 4) is 28.3 Å². The van der Waals surface area contributed by atoms with Crippen molar-refractivity contribution < 1.29 is 28.6 Å². The van der Waals surface area contributed by atoms with Gasteiger partial charge in [-0.05, 0) is 37.3 Å². The molecule has 5 rings (SSSR count). The molecule has 0 bridgehead atoms. The number of amides is 2. The Hall–Kier alpha value is -4.22. The minimum atomic E-state index is -0.446. The number of ether oxygens (including phenoxy) is 3. The molecule has 1 aliphatic carbocycles. The van der Waals surface area contributed by atoms with Crippen LogP contribution >= 0.6 is 0 Å². The lowest BCUT2D eigenvalue weighted by Gasteiger charge is -2.27. The largest absolute Gasteiger partial charge is 0.482 e. The molecule has 0 unspecified atom stereocenters. The number of fused-ring (bicyclic) bond motifs is 3. The summed E-state index contributed by atoms with van der Waals surface area (Å²) in [5.41, 5.74) is 6.53. The van der Waals surface area contributed by atoms with Crippen molar-refractivity contribution in [1.29, 1.82) is 0 Å². The zero-order valence-electron chi connectivity index (χ0n) is 19.6. The number of aromatic amines is 1. The van der Waals surface area contributed by atoms with Crippen LogP contribution in [0.4, 0.5) is 10.5 Å². The number of H-pyrrole nitrogens is 1. The predicted octanol–water partition coefficient (Wildman–Crippen LogP) is 2.60. The lowest BCUT2D eigenvalue weighted by Crippen LogP contribution is -2.49. The number of hydrogen-bond donors (Lipinski definition) is 3. The standard InChI is InChI=1S/C25H25N5O6/c1-2-35-19(31)14-36-16-8-6-15(7-9-16)22-21-23(28-27-22)17-4-3-5-18(20(17)24(21)32)26-25(33)29-30-10-12-34-13-11-30/h3-9H,2,10-14H2,1H3,(H,27,28)(H2,26,29,33). The van der Waals surface area contributed by atoms with Crippen molar-refractivity contribution in [1.82, 2.24) is 20.6 Å². The van der Waals surface area contributed by atoms with Gasteiger partial charge in [0.25, 0.3) is 0 Å². The normalized spacial score (nSPS) is 14.6. The van der Waals surface area contributed by atoms with Gasteiger partial charge in [-0.15, -0.1) is 0 Å². The summed E-state index contributed by atoms with van der Waals surface area (Å²) < 4.78 is 15.6. The number of carbonyl (C=O) groups is 3. The molecule has 1 aromatic heterocycles. The highest BCUT2D eigenvalue weighted by Gasteiger charge is 2.35.